The molecule has 2 heterocycles. The summed E-state index contributed by atoms with van der Waals surface area (Å²) >= 11 is 0. The summed E-state index contributed by atoms with van der Waals surface area (Å²) in [6, 6.07) is 5.36. The van der Waals surface area contributed by atoms with E-state index in [4.69, 9.17) is 4.74 Å². The molecule has 1 atom stereocenters. The van der Waals surface area contributed by atoms with Gasteiger partial charge in [-0.3, -0.25) is 9.69 Å². The zero-order chi connectivity index (χ0) is 14.8. The number of hydrogen-bond donors (Lipinski definition) is 1. The molecule has 0 aliphatic carbocycles. The number of ether oxygens (including phenoxy) is 1. The van der Waals surface area contributed by atoms with Gasteiger partial charge >= 0.3 is 0 Å². The van der Waals surface area contributed by atoms with Crippen molar-refractivity contribution in [3.63, 3.8) is 0 Å². The third-order valence-electron chi connectivity index (χ3n) is 4.52. The number of carbonyl (C=O) groups is 1. The molecule has 0 saturated carbocycles. The number of hydrogen-bond acceptors (Lipinski definition) is 4. The number of phenols is 1. The SMILES string of the molecule is COc1ccc(C(=O)N2CCCN3CCCC3C2)cc1O. The zero-order valence-electron chi connectivity index (χ0n) is 12.4. The number of phenolic OH excluding ortho intramolecular Hbond substituents is 1. The summed E-state index contributed by atoms with van der Waals surface area (Å²) < 4.78 is 5.02. The summed E-state index contributed by atoms with van der Waals surface area (Å²) in [7, 11) is 1.50. The van der Waals surface area contributed by atoms with Crippen molar-refractivity contribution in [2.24, 2.45) is 0 Å². The van der Waals surface area contributed by atoms with Gasteiger partial charge in [0.25, 0.3) is 5.91 Å². The quantitative estimate of drug-likeness (QED) is 0.901. The molecule has 0 radical (unpaired) electrons. The van der Waals surface area contributed by atoms with Gasteiger partial charge in [-0.25, -0.2) is 0 Å². The van der Waals surface area contributed by atoms with E-state index in [0.717, 1.165) is 32.6 Å². The largest absolute Gasteiger partial charge is 0.504 e. The minimum absolute atomic E-state index is 0.00158. The predicted molar refractivity (Wildman–Crippen MR) is 79.8 cm³/mol. The van der Waals surface area contributed by atoms with Crippen LogP contribution in [-0.2, 0) is 0 Å². The van der Waals surface area contributed by atoms with E-state index in [-0.39, 0.29) is 11.7 Å². The molecule has 21 heavy (non-hydrogen) atoms. The summed E-state index contributed by atoms with van der Waals surface area (Å²) in [5, 5.41) is 9.84. The van der Waals surface area contributed by atoms with Crippen molar-refractivity contribution >= 4 is 5.91 Å². The molecule has 0 aromatic heterocycles. The lowest BCUT2D eigenvalue weighted by molar-refractivity contribution is 0.0743. The number of carbonyl (C=O) groups excluding carboxylic acids is 1. The maximum Gasteiger partial charge on any atom is 0.254 e. The molecule has 2 aliphatic rings. The number of rotatable bonds is 2. The van der Waals surface area contributed by atoms with Crippen LogP contribution in [-0.4, -0.2) is 60.1 Å². The molecule has 1 amide bonds. The number of methoxy groups -OCH3 is 1. The van der Waals surface area contributed by atoms with E-state index in [2.05, 4.69) is 4.90 Å². The van der Waals surface area contributed by atoms with Gasteiger partial charge < -0.3 is 14.7 Å². The molecule has 2 aliphatic heterocycles. The van der Waals surface area contributed by atoms with E-state index in [0.29, 0.717) is 17.4 Å². The molecule has 3 rings (SSSR count). The van der Waals surface area contributed by atoms with Crippen molar-refractivity contribution in [2.45, 2.75) is 25.3 Å². The van der Waals surface area contributed by atoms with Crippen LogP contribution >= 0.6 is 0 Å². The molecular weight excluding hydrogens is 268 g/mol. The van der Waals surface area contributed by atoms with Gasteiger partial charge in [0.2, 0.25) is 0 Å². The van der Waals surface area contributed by atoms with Crippen LogP contribution in [0.3, 0.4) is 0 Å². The van der Waals surface area contributed by atoms with Crippen LogP contribution in [0.4, 0.5) is 0 Å². The smallest absolute Gasteiger partial charge is 0.254 e. The van der Waals surface area contributed by atoms with Gasteiger partial charge in [-0.2, -0.15) is 0 Å². The molecule has 2 saturated heterocycles. The summed E-state index contributed by atoms with van der Waals surface area (Å²) in [6.45, 7) is 3.84. The number of fused-ring (bicyclic) bond motifs is 1. The Kier molecular flexibility index (Phi) is 4.01. The number of nitrogens with zero attached hydrogens (tertiary/aromatic N) is 2. The lowest BCUT2D eigenvalue weighted by atomic mass is 10.1. The van der Waals surface area contributed by atoms with Crippen molar-refractivity contribution in [3.05, 3.63) is 23.8 Å². The maximum atomic E-state index is 12.6. The fraction of sp³-hybridized carbons (Fsp3) is 0.562. The summed E-state index contributed by atoms with van der Waals surface area (Å²) in [6.07, 6.45) is 3.43. The van der Waals surface area contributed by atoms with Crippen LogP contribution in [0.25, 0.3) is 0 Å². The molecule has 5 heteroatoms. The molecule has 0 bridgehead atoms. The van der Waals surface area contributed by atoms with Crippen LogP contribution < -0.4 is 4.74 Å². The number of aromatic hydroxyl groups is 1. The zero-order valence-corrected chi connectivity index (χ0v) is 12.4. The Bertz CT molecular complexity index is 532. The van der Waals surface area contributed by atoms with Crippen LogP contribution in [0.15, 0.2) is 18.2 Å². The van der Waals surface area contributed by atoms with Gasteiger partial charge in [0.05, 0.1) is 7.11 Å². The van der Waals surface area contributed by atoms with Gasteiger partial charge in [0, 0.05) is 31.2 Å². The topological polar surface area (TPSA) is 53.0 Å². The highest BCUT2D eigenvalue weighted by molar-refractivity contribution is 5.95. The molecule has 5 nitrogen and oxygen atoms in total. The van der Waals surface area contributed by atoms with Gasteiger partial charge in [-0.05, 0) is 44.0 Å². The first-order chi connectivity index (χ1) is 10.2. The third-order valence-corrected chi connectivity index (χ3v) is 4.52. The Morgan fingerprint density at radius 2 is 2.10 bits per heavy atom. The van der Waals surface area contributed by atoms with Crippen molar-refractivity contribution in [1.29, 1.82) is 0 Å². The Balaban J connectivity index is 1.76. The highest BCUT2D eigenvalue weighted by Crippen LogP contribution is 2.28. The first-order valence-corrected chi connectivity index (χ1v) is 7.59. The first kappa shape index (κ1) is 14.2. The minimum Gasteiger partial charge on any atom is -0.504 e. The standard InChI is InChI=1S/C16H22N2O3/c1-21-15-6-5-12(10-14(15)19)16(20)18-9-3-8-17-7-2-4-13(17)11-18/h5-6,10,13,19H,2-4,7-9,11H2,1H3. The fourth-order valence-corrected chi connectivity index (χ4v) is 3.40. The van der Waals surface area contributed by atoms with E-state index in [9.17, 15) is 9.90 Å². The van der Waals surface area contributed by atoms with Crippen LogP contribution in [0.5, 0.6) is 11.5 Å². The third kappa shape index (κ3) is 2.83. The van der Waals surface area contributed by atoms with E-state index in [1.54, 1.807) is 12.1 Å². The van der Waals surface area contributed by atoms with Crippen LogP contribution in [0, 0.1) is 0 Å². The average molecular weight is 290 g/mol. The highest BCUT2D eigenvalue weighted by Gasteiger charge is 2.30. The summed E-state index contributed by atoms with van der Waals surface area (Å²) in [5.41, 5.74) is 0.528. The lowest BCUT2D eigenvalue weighted by Gasteiger charge is -2.25. The van der Waals surface area contributed by atoms with Crippen molar-refractivity contribution in [2.75, 3.05) is 33.3 Å². The van der Waals surface area contributed by atoms with Crippen molar-refractivity contribution in [3.8, 4) is 11.5 Å². The van der Waals surface area contributed by atoms with Crippen molar-refractivity contribution in [1.82, 2.24) is 9.80 Å². The average Bonchev–Trinajstić information content (AvgIpc) is 2.83. The normalized spacial score (nSPS) is 22.7. The van der Waals surface area contributed by atoms with E-state index in [1.807, 2.05) is 4.90 Å². The molecule has 1 aromatic carbocycles. The maximum absolute atomic E-state index is 12.6. The van der Waals surface area contributed by atoms with Gasteiger partial charge in [0.1, 0.15) is 0 Å². The fourth-order valence-electron chi connectivity index (χ4n) is 3.40. The Morgan fingerprint density at radius 3 is 2.86 bits per heavy atom. The minimum atomic E-state index is 0.00158. The van der Waals surface area contributed by atoms with Crippen LogP contribution in [0.1, 0.15) is 29.6 Å². The summed E-state index contributed by atoms with van der Waals surface area (Å²) in [4.78, 5) is 17.1. The van der Waals surface area contributed by atoms with Gasteiger partial charge in [-0.1, -0.05) is 0 Å². The van der Waals surface area contributed by atoms with Gasteiger partial charge in [-0.15, -0.1) is 0 Å². The van der Waals surface area contributed by atoms with Gasteiger partial charge in [0.15, 0.2) is 11.5 Å². The number of benzene rings is 1. The number of amides is 1. The molecule has 0 spiro atoms. The van der Waals surface area contributed by atoms with E-state index in [1.165, 1.54) is 26.0 Å². The second-order valence-corrected chi connectivity index (χ2v) is 5.82. The lowest BCUT2D eigenvalue weighted by Crippen LogP contribution is -2.39. The highest BCUT2D eigenvalue weighted by atomic mass is 16.5. The molecule has 1 unspecified atom stereocenters. The Hall–Kier alpha value is -1.75. The predicted octanol–water partition coefficient (Wildman–Crippen LogP) is 1.71. The molecule has 1 N–H and O–H groups in total. The molecule has 1 aromatic rings. The summed E-state index contributed by atoms with van der Waals surface area (Å²) in [5.74, 6) is 0.409. The second kappa shape index (κ2) is 5.93. The van der Waals surface area contributed by atoms with Crippen molar-refractivity contribution < 1.29 is 14.6 Å². The second-order valence-electron chi connectivity index (χ2n) is 5.82. The molecular formula is C16H22N2O3. The Morgan fingerprint density at radius 1 is 1.29 bits per heavy atom. The Labute approximate surface area is 125 Å². The molecule has 114 valence electrons. The van der Waals surface area contributed by atoms with Crippen LogP contribution in [0.2, 0.25) is 0 Å². The first-order valence-electron chi connectivity index (χ1n) is 7.59. The molecule has 2 fully saturated rings. The van der Waals surface area contributed by atoms with E-state index < -0.39 is 0 Å². The monoisotopic (exact) mass is 290 g/mol. The van der Waals surface area contributed by atoms with E-state index >= 15 is 0 Å².